The van der Waals surface area contributed by atoms with E-state index in [2.05, 4.69) is 41.4 Å². The number of hydrogen-bond acceptors (Lipinski definition) is 3. The molecule has 4 nitrogen and oxygen atoms in total. The predicted molar refractivity (Wildman–Crippen MR) is 96.1 cm³/mol. The van der Waals surface area contributed by atoms with Crippen molar-refractivity contribution in [3.8, 4) is 11.4 Å². The zero-order valence-corrected chi connectivity index (χ0v) is 14.3. The zero-order chi connectivity index (χ0) is 17.4. The van der Waals surface area contributed by atoms with Crippen molar-refractivity contribution in [2.45, 2.75) is 11.8 Å². The van der Waals surface area contributed by atoms with Crippen molar-refractivity contribution in [1.29, 1.82) is 0 Å². The molecular formula is C21H20N2O2. The zero-order valence-electron chi connectivity index (χ0n) is 14.3. The highest BCUT2D eigenvalue weighted by Gasteiger charge is 2.56. The van der Waals surface area contributed by atoms with Crippen molar-refractivity contribution in [1.82, 2.24) is 9.55 Å². The minimum absolute atomic E-state index is 0.105. The summed E-state index contributed by atoms with van der Waals surface area (Å²) in [6, 6.07) is 18.6. The summed E-state index contributed by atoms with van der Waals surface area (Å²) in [6.07, 6.45) is 3.73. The lowest BCUT2D eigenvalue weighted by molar-refractivity contribution is -0.142. The normalized spacial score (nSPS) is 21.8. The lowest BCUT2D eigenvalue weighted by Crippen LogP contribution is -2.05. The summed E-state index contributed by atoms with van der Waals surface area (Å²) in [5, 5.41) is 0. The van der Waals surface area contributed by atoms with Crippen LogP contribution < -0.4 is 0 Å². The largest absolute Gasteiger partial charge is 0.469 e. The lowest BCUT2D eigenvalue weighted by Gasteiger charge is -2.05. The van der Waals surface area contributed by atoms with Crippen LogP contribution in [0.4, 0.5) is 0 Å². The van der Waals surface area contributed by atoms with E-state index >= 15 is 0 Å². The molecule has 0 aliphatic heterocycles. The number of ether oxygens (including phenoxy) is 1. The maximum atomic E-state index is 12.2. The molecular weight excluding hydrogens is 312 g/mol. The first-order chi connectivity index (χ1) is 12.2. The van der Waals surface area contributed by atoms with Crippen LogP contribution in [0, 0.1) is 5.92 Å². The molecule has 126 valence electrons. The Hall–Kier alpha value is -2.88. The van der Waals surface area contributed by atoms with E-state index in [1.165, 1.54) is 18.2 Å². The van der Waals surface area contributed by atoms with Gasteiger partial charge in [0.05, 0.1) is 13.0 Å². The summed E-state index contributed by atoms with van der Waals surface area (Å²) in [7, 11) is 3.44. The van der Waals surface area contributed by atoms with E-state index in [-0.39, 0.29) is 23.7 Å². The second-order valence-electron chi connectivity index (χ2n) is 6.49. The van der Waals surface area contributed by atoms with Crippen LogP contribution in [0.5, 0.6) is 0 Å². The summed E-state index contributed by atoms with van der Waals surface area (Å²) in [4.78, 5) is 16.6. The Balaban J connectivity index is 1.64. The molecule has 0 bridgehead atoms. The second-order valence-corrected chi connectivity index (χ2v) is 6.49. The molecule has 3 atom stereocenters. The molecule has 0 amide bonds. The van der Waals surface area contributed by atoms with Crippen molar-refractivity contribution in [3.63, 3.8) is 0 Å². The maximum absolute atomic E-state index is 12.2. The monoisotopic (exact) mass is 332 g/mol. The average Bonchev–Trinajstić information content (AvgIpc) is 3.27. The van der Waals surface area contributed by atoms with Crippen LogP contribution in [-0.4, -0.2) is 22.6 Å². The fourth-order valence-corrected chi connectivity index (χ4v) is 3.74. The van der Waals surface area contributed by atoms with E-state index in [0.717, 1.165) is 11.4 Å². The molecule has 2 aromatic carbocycles. The second kappa shape index (κ2) is 6.20. The highest BCUT2D eigenvalue weighted by atomic mass is 16.5. The molecule has 4 heteroatoms. The van der Waals surface area contributed by atoms with Gasteiger partial charge in [-0.3, -0.25) is 4.79 Å². The van der Waals surface area contributed by atoms with Crippen molar-refractivity contribution in [2.75, 3.05) is 7.11 Å². The van der Waals surface area contributed by atoms with Gasteiger partial charge in [0, 0.05) is 36.8 Å². The highest BCUT2D eigenvalue weighted by molar-refractivity contribution is 5.80. The van der Waals surface area contributed by atoms with Gasteiger partial charge in [0.2, 0.25) is 0 Å². The number of aryl methyl sites for hydroxylation is 1. The molecule has 1 saturated carbocycles. The van der Waals surface area contributed by atoms with E-state index in [1.807, 2.05) is 36.0 Å². The van der Waals surface area contributed by atoms with Gasteiger partial charge < -0.3 is 9.30 Å². The van der Waals surface area contributed by atoms with Gasteiger partial charge in [0.1, 0.15) is 5.82 Å². The van der Waals surface area contributed by atoms with E-state index in [4.69, 9.17) is 4.74 Å². The number of benzene rings is 2. The summed E-state index contributed by atoms with van der Waals surface area (Å²) in [6.45, 7) is 0. The van der Waals surface area contributed by atoms with Crippen molar-refractivity contribution in [3.05, 3.63) is 78.1 Å². The number of methoxy groups -OCH3 is 1. The van der Waals surface area contributed by atoms with Crippen LogP contribution in [0.1, 0.15) is 23.0 Å². The standard InChI is InChI=1S/C21H20N2O2/c1-23-13-12-22-20(23)16-10-8-15(9-11-16)18-17(19(18)21(24)25-2)14-6-4-3-5-7-14/h3-13,17-19H,1-2H3/t17-,18-,19-/m1/s1. The van der Waals surface area contributed by atoms with E-state index in [9.17, 15) is 4.79 Å². The van der Waals surface area contributed by atoms with Gasteiger partial charge in [0.15, 0.2) is 0 Å². The number of carbonyl (C=O) groups is 1. The Labute approximate surface area is 147 Å². The third-order valence-corrected chi connectivity index (χ3v) is 5.05. The third-order valence-electron chi connectivity index (χ3n) is 5.05. The van der Waals surface area contributed by atoms with E-state index in [0.29, 0.717) is 0 Å². The minimum atomic E-state index is -0.132. The van der Waals surface area contributed by atoms with Gasteiger partial charge in [-0.25, -0.2) is 4.98 Å². The summed E-state index contributed by atoms with van der Waals surface area (Å²) >= 11 is 0. The Morgan fingerprint density at radius 2 is 1.64 bits per heavy atom. The lowest BCUT2D eigenvalue weighted by atomic mass is 10.0. The van der Waals surface area contributed by atoms with Crippen LogP contribution in [0.3, 0.4) is 0 Å². The maximum Gasteiger partial charge on any atom is 0.309 e. The van der Waals surface area contributed by atoms with Crippen LogP contribution in [0.25, 0.3) is 11.4 Å². The summed E-state index contributed by atoms with van der Waals surface area (Å²) in [5.41, 5.74) is 3.43. The van der Waals surface area contributed by atoms with E-state index < -0.39 is 0 Å². The van der Waals surface area contributed by atoms with Crippen LogP contribution >= 0.6 is 0 Å². The number of esters is 1. The number of imidazole rings is 1. The Morgan fingerprint density at radius 1 is 1.00 bits per heavy atom. The molecule has 1 aliphatic carbocycles. The quantitative estimate of drug-likeness (QED) is 0.683. The van der Waals surface area contributed by atoms with Gasteiger partial charge >= 0.3 is 5.97 Å². The molecule has 0 N–H and O–H groups in total. The first-order valence-electron chi connectivity index (χ1n) is 8.41. The molecule has 0 unspecified atom stereocenters. The van der Waals surface area contributed by atoms with Crippen molar-refractivity contribution >= 4 is 5.97 Å². The fourth-order valence-electron chi connectivity index (χ4n) is 3.74. The number of aromatic nitrogens is 2. The molecule has 0 radical (unpaired) electrons. The Bertz CT molecular complexity index is 884. The molecule has 1 aliphatic rings. The molecule has 4 rings (SSSR count). The van der Waals surface area contributed by atoms with Gasteiger partial charge in [-0.05, 0) is 11.1 Å². The van der Waals surface area contributed by atoms with Crippen LogP contribution in [-0.2, 0) is 16.6 Å². The SMILES string of the molecule is COC(=O)[C@@H]1[C@H](c2ccccc2)[C@H]1c1ccc(-c2nccn2C)cc1. The Morgan fingerprint density at radius 3 is 2.20 bits per heavy atom. The molecule has 0 saturated heterocycles. The van der Waals surface area contributed by atoms with Gasteiger partial charge in [-0.1, -0.05) is 54.6 Å². The van der Waals surface area contributed by atoms with Crippen LogP contribution in [0.2, 0.25) is 0 Å². The number of nitrogens with zero attached hydrogens (tertiary/aromatic N) is 2. The Kier molecular flexibility index (Phi) is 3.88. The molecule has 1 heterocycles. The van der Waals surface area contributed by atoms with Gasteiger partial charge in [0.25, 0.3) is 0 Å². The topological polar surface area (TPSA) is 44.1 Å². The van der Waals surface area contributed by atoms with Gasteiger partial charge in [-0.2, -0.15) is 0 Å². The summed E-state index contributed by atoms with van der Waals surface area (Å²) < 4.78 is 7.02. The molecule has 3 aromatic rings. The first-order valence-corrected chi connectivity index (χ1v) is 8.41. The highest BCUT2D eigenvalue weighted by Crippen LogP contribution is 2.60. The molecule has 25 heavy (non-hydrogen) atoms. The molecule has 0 spiro atoms. The smallest absolute Gasteiger partial charge is 0.309 e. The first kappa shape index (κ1) is 15.6. The molecule has 1 aromatic heterocycles. The minimum Gasteiger partial charge on any atom is -0.469 e. The van der Waals surface area contributed by atoms with Crippen molar-refractivity contribution < 1.29 is 9.53 Å². The number of carbonyl (C=O) groups excluding carboxylic acids is 1. The fraction of sp³-hybridized carbons (Fsp3) is 0.238. The van der Waals surface area contributed by atoms with Gasteiger partial charge in [-0.15, -0.1) is 0 Å². The number of rotatable bonds is 4. The van der Waals surface area contributed by atoms with Crippen LogP contribution in [0.15, 0.2) is 67.0 Å². The average molecular weight is 332 g/mol. The predicted octanol–water partition coefficient (Wildman–Crippen LogP) is 3.76. The third kappa shape index (κ3) is 2.74. The van der Waals surface area contributed by atoms with E-state index in [1.54, 1.807) is 6.20 Å². The van der Waals surface area contributed by atoms with Crippen molar-refractivity contribution in [2.24, 2.45) is 13.0 Å². The number of hydrogen-bond donors (Lipinski definition) is 0. The summed E-state index contributed by atoms with van der Waals surface area (Å²) in [5.74, 6) is 1.06. The molecule has 1 fully saturated rings.